The highest BCUT2D eigenvalue weighted by Crippen LogP contribution is 2.38. The molecule has 6 heteroatoms. The van der Waals surface area contributed by atoms with E-state index in [1.54, 1.807) is 29.2 Å². The molecule has 2 aromatic rings. The van der Waals surface area contributed by atoms with Gasteiger partial charge in [-0.2, -0.15) is 0 Å². The van der Waals surface area contributed by atoms with Crippen LogP contribution in [0, 0.1) is 5.82 Å². The third-order valence-corrected chi connectivity index (χ3v) is 5.19. The molecular weight excluding hydrogens is 349 g/mol. The summed E-state index contributed by atoms with van der Waals surface area (Å²) in [6.07, 6.45) is 0.797. The van der Waals surface area contributed by atoms with Crippen LogP contribution in [-0.2, 0) is 4.79 Å². The molecule has 0 spiro atoms. The van der Waals surface area contributed by atoms with E-state index in [4.69, 9.17) is 4.74 Å². The van der Waals surface area contributed by atoms with Gasteiger partial charge < -0.3 is 14.7 Å². The average molecular weight is 369 g/mol. The Hall–Kier alpha value is -2.73. The van der Waals surface area contributed by atoms with Crippen LogP contribution in [0.5, 0.6) is 5.75 Å². The first kappa shape index (κ1) is 17.7. The maximum atomic E-state index is 14.0. The van der Waals surface area contributed by atoms with Gasteiger partial charge in [-0.15, -0.1) is 0 Å². The molecule has 27 heavy (non-hydrogen) atoms. The third kappa shape index (κ3) is 3.21. The molecule has 0 aliphatic carbocycles. The molecule has 4 rings (SSSR count). The van der Waals surface area contributed by atoms with Gasteiger partial charge in [0, 0.05) is 30.5 Å². The molecule has 1 fully saturated rings. The molecule has 2 aromatic carbocycles. The first-order valence-electron chi connectivity index (χ1n) is 9.10. The number of halogens is 1. The van der Waals surface area contributed by atoms with Gasteiger partial charge in [-0.1, -0.05) is 12.1 Å². The SMILES string of the molecule is O=C(c1ccc2c(c1)C(N1CCCC1=O)C(O)CCO2)c1ccccc1F. The number of amides is 1. The predicted molar refractivity (Wildman–Crippen MR) is 96.1 cm³/mol. The van der Waals surface area contributed by atoms with Gasteiger partial charge in [0.05, 0.1) is 24.3 Å². The summed E-state index contributed by atoms with van der Waals surface area (Å²) < 4.78 is 19.8. The minimum Gasteiger partial charge on any atom is -0.493 e. The molecule has 1 amide bonds. The van der Waals surface area contributed by atoms with Crippen molar-refractivity contribution in [1.82, 2.24) is 4.90 Å². The Bertz CT molecular complexity index is 898. The summed E-state index contributed by atoms with van der Waals surface area (Å²) in [5.74, 6) is -0.500. The van der Waals surface area contributed by atoms with Gasteiger partial charge in [0.25, 0.3) is 0 Å². The highest BCUT2D eigenvalue weighted by Gasteiger charge is 2.37. The number of likely N-dealkylation sites (tertiary alicyclic amines) is 1. The van der Waals surface area contributed by atoms with E-state index in [9.17, 15) is 19.1 Å². The Labute approximate surface area is 156 Å². The maximum Gasteiger partial charge on any atom is 0.223 e. The Morgan fingerprint density at radius 2 is 2.04 bits per heavy atom. The molecule has 2 aliphatic rings. The Morgan fingerprint density at radius 1 is 1.22 bits per heavy atom. The number of aliphatic hydroxyl groups is 1. The molecule has 140 valence electrons. The van der Waals surface area contributed by atoms with E-state index < -0.39 is 23.7 Å². The van der Waals surface area contributed by atoms with Crippen LogP contribution in [0.25, 0.3) is 0 Å². The molecule has 0 aromatic heterocycles. The number of carbonyl (C=O) groups excluding carboxylic acids is 2. The minimum atomic E-state index is -0.785. The van der Waals surface area contributed by atoms with Gasteiger partial charge in [0.15, 0.2) is 5.78 Å². The van der Waals surface area contributed by atoms with Crippen LogP contribution in [0.1, 0.15) is 46.8 Å². The quantitative estimate of drug-likeness (QED) is 0.845. The number of nitrogens with zero attached hydrogens (tertiary/aromatic N) is 1. The summed E-state index contributed by atoms with van der Waals surface area (Å²) in [5.41, 5.74) is 0.881. The maximum absolute atomic E-state index is 14.0. The third-order valence-electron chi connectivity index (χ3n) is 5.19. The lowest BCUT2D eigenvalue weighted by molar-refractivity contribution is -0.132. The molecule has 5 nitrogen and oxygen atoms in total. The van der Waals surface area contributed by atoms with Crippen LogP contribution in [0.15, 0.2) is 42.5 Å². The van der Waals surface area contributed by atoms with Crippen molar-refractivity contribution >= 4 is 11.7 Å². The highest BCUT2D eigenvalue weighted by molar-refractivity contribution is 6.09. The van der Waals surface area contributed by atoms with Crippen molar-refractivity contribution in [2.75, 3.05) is 13.2 Å². The zero-order chi connectivity index (χ0) is 19.0. The number of ketones is 1. The summed E-state index contributed by atoms with van der Waals surface area (Å²) in [6, 6.07) is 10.1. The largest absolute Gasteiger partial charge is 0.493 e. The van der Waals surface area contributed by atoms with Crippen molar-refractivity contribution in [3.8, 4) is 5.75 Å². The van der Waals surface area contributed by atoms with E-state index in [1.165, 1.54) is 18.2 Å². The lowest BCUT2D eigenvalue weighted by Gasteiger charge is -2.31. The first-order chi connectivity index (χ1) is 13.1. The average Bonchev–Trinajstić information content (AvgIpc) is 3.01. The van der Waals surface area contributed by atoms with E-state index in [1.807, 2.05) is 0 Å². The van der Waals surface area contributed by atoms with Crippen molar-refractivity contribution in [2.45, 2.75) is 31.4 Å². The van der Waals surface area contributed by atoms with Crippen LogP contribution >= 0.6 is 0 Å². The van der Waals surface area contributed by atoms with Crippen molar-refractivity contribution < 1.29 is 23.8 Å². The van der Waals surface area contributed by atoms with Gasteiger partial charge in [0.1, 0.15) is 11.6 Å². The topological polar surface area (TPSA) is 66.8 Å². The van der Waals surface area contributed by atoms with Gasteiger partial charge in [0.2, 0.25) is 5.91 Å². The van der Waals surface area contributed by atoms with Crippen LogP contribution < -0.4 is 4.74 Å². The van der Waals surface area contributed by atoms with E-state index >= 15 is 0 Å². The lowest BCUT2D eigenvalue weighted by Crippen LogP contribution is -2.37. The number of hydrogen-bond donors (Lipinski definition) is 1. The lowest BCUT2D eigenvalue weighted by atomic mass is 9.93. The molecular formula is C21H20FNO4. The minimum absolute atomic E-state index is 0.0127. The molecule has 2 unspecified atom stereocenters. The second-order valence-electron chi connectivity index (χ2n) is 6.90. The van der Waals surface area contributed by atoms with E-state index in [-0.39, 0.29) is 11.5 Å². The van der Waals surface area contributed by atoms with Crippen LogP contribution in [0.3, 0.4) is 0 Å². The van der Waals surface area contributed by atoms with Gasteiger partial charge in [-0.3, -0.25) is 9.59 Å². The fourth-order valence-corrected chi connectivity index (χ4v) is 3.85. The van der Waals surface area contributed by atoms with Gasteiger partial charge in [-0.05, 0) is 36.8 Å². The molecule has 1 N–H and O–H groups in total. The fraction of sp³-hybridized carbons (Fsp3) is 0.333. The summed E-state index contributed by atoms with van der Waals surface area (Å²) >= 11 is 0. The molecule has 0 radical (unpaired) electrons. The molecule has 2 atom stereocenters. The molecule has 0 saturated carbocycles. The van der Waals surface area contributed by atoms with Gasteiger partial charge >= 0.3 is 0 Å². The second kappa shape index (κ2) is 7.12. The standard InChI is InChI=1S/C21H20FNO4/c22-16-5-2-1-4-14(16)21(26)13-7-8-18-15(12-13)20(17(24)9-11-27-18)23-10-3-6-19(23)25/h1-2,4-5,7-8,12,17,20,24H,3,6,9-11H2. The molecule has 2 aliphatic heterocycles. The number of ether oxygens (including phenoxy) is 1. The number of rotatable bonds is 3. The second-order valence-corrected chi connectivity index (χ2v) is 6.90. The van der Waals surface area contributed by atoms with Crippen LogP contribution in [0.2, 0.25) is 0 Å². The number of benzene rings is 2. The fourth-order valence-electron chi connectivity index (χ4n) is 3.85. The van der Waals surface area contributed by atoms with Crippen molar-refractivity contribution in [2.24, 2.45) is 0 Å². The number of aliphatic hydroxyl groups excluding tert-OH is 1. The zero-order valence-corrected chi connectivity index (χ0v) is 14.7. The number of carbonyl (C=O) groups is 2. The highest BCUT2D eigenvalue weighted by atomic mass is 19.1. The molecule has 2 heterocycles. The van der Waals surface area contributed by atoms with Crippen LogP contribution in [-0.4, -0.2) is 41.0 Å². The summed E-state index contributed by atoms with van der Waals surface area (Å²) in [5, 5.41) is 10.6. The van der Waals surface area contributed by atoms with E-state index in [0.29, 0.717) is 42.9 Å². The Balaban J connectivity index is 1.77. The predicted octanol–water partition coefficient (Wildman–Crippen LogP) is 2.86. The smallest absolute Gasteiger partial charge is 0.223 e. The summed E-state index contributed by atoms with van der Waals surface area (Å²) in [4.78, 5) is 26.7. The van der Waals surface area contributed by atoms with E-state index in [0.717, 1.165) is 6.42 Å². The van der Waals surface area contributed by atoms with Crippen LogP contribution in [0.4, 0.5) is 4.39 Å². The van der Waals surface area contributed by atoms with Crippen molar-refractivity contribution in [3.05, 3.63) is 65.0 Å². The summed E-state index contributed by atoms with van der Waals surface area (Å²) in [6.45, 7) is 0.888. The van der Waals surface area contributed by atoms with Crippen molar-refractivity contribution in [1.29, 1.82) is 0 Å². The molecule has 0 bridgehead atoms. The zero-order valence-electron chi connectivity index (χ0n) is 14.7. The Kier molecular flexibility index (Phi) is 4.66. The van der Waals surface area contributed by atoms with Gasteiger partial charge in [-0.25, -0.2) is 4.39 Å². The normalized spacial score (nSPS) is 22.1. The Morgan fingerprint density at radius 3 is 2.78 bits per heavy atom. The summed E-state index contributed by atoms with van der Waals surface area (Å²) in [7, 11) is 0. The monoisotopic (exact) mass is 369 g/mol. The van der Waals surface area contributed by atoms with E-state index in [2.05, 4.69) is 0 Å². The number of hydrogen-bond acceptors (Lipinski definition) is 4. The first-order valence-corrected chi connectivity index (χ1v) is 9.10. The molecule has 1 saturated heterocycles. The number of fused-ring (bicyclic) bond motifs is 1. The van der Waals surface area contributed by atoms with Crippen molar-refractivity contribution in [3.63, 3.8) is 0 Å².